The Balaban J connectivity index is 2.86. The van der Waals surface area contributed by atoms with E-state index in [1.807, 2.05) is 32.9 Å². The summed E-state index contributed by atoms with van der Waals surface area (Å²) in [5.74, 6) is -0.0155. The highest BCUT2D eigenvalue weighted by molar-refractivity contribution is 9.10. The van der Waals surface area contributed by atoms with Gasteiger partial charge in [-0.3, -0.25) is 4.79 Å². The number of anilines is 1. The van der Waals surface area contributed by atoms with E-state index in [1.165, 1.54) is 0 Å². The van der Waals surface area contributed by atoms with E-state index < -0.39 is 0 Å². The largest absolute Gasteiger partial charge is 0.374 e. The zero-order chi connectivity index (χ0) is 12.3. The number of carbonyl (C=O) groups is 1. The van der Waals surface area contributed by atoms with Gasteiger partial charge in [0.15, 0.2) is 0 Å². The first-order valence-electron chi connectivity index (χ1n) is 5.20. The van der Waals surface area contributed by atoms with Crippen molar-refractivity contribution in [3.8, 4) is 0 Å². The molecule has 0 fully saturated rings. The molecule has 0 saturated heterocycles. The second-order valence-electron chi connectivity index (χ2n) is 3.90. The van der Waals surface area contributed by atoms with Crippen LogP contribution in [0.1, 0.15) is 18.1 Å². The van der Waals surface area contributed by atoms with Crippen molar-refractivity contribution in [2.45, 2.75) is 26.8 Å². The van der Waals surface area contributed by atoms with Crippen LogP contribution in [0.15, 0.2) is 16.6 Å². The van der Waals surface area contributed by atoms with Gasteiger partial charge >= 0.3 is 0 Å². The van der Waals surface area contributed by atoms with Gasteiger partial charge in [-0.1, -0.05) is 15.9 Å². The topological polar surface area (TPSA) is 41.1 Å². The van der Waals surface area contributed by atoms with Crippen LogP contribution in [0.2, 0.25) is 0 Å². The predicted molar refractivity (Wildman–Crippen MR) is 70.8 cm³/mol. The Hall–Kier alpha value is -1.03. The van der Waals surface area contributed by atoms with Crippen LogP contribution in [0, 0.1) is 13.8 Å². The predicted octanol–water partition coefficient (Wildman–Crippen LogP) is 2.61. The van der Waals surface area contributed by atoms with Gasteiger partial charge in [0.2, 0.25) is 5.91 Å². The standard InChI is InChI=1S/C12H17BrN2O/c1-7-5-10(6-8(2)11(7)13)15-9(3)12(16)14-4/h5-6,9,15H,1-4H3,(H,14,16). The minimum absolute atomic E-state index is 0.0155. The molecule has 0 aromatic heterocycles. The molecule has 0 heterocycles. The highest BCUT2D eigenvalue weighted by Gasteiger charge is 2.11. The van der Waals surface area contributed by atoms with E-state index in [-0.39, 0.29) is 11.9 Å². The number of hydrogen-bond acceptors (Lipinski definition) is 2. The fourth-order valence-corrected chi connectivity index (χ4v) is 1.79. The van der Waals surface area contributed by atoms with Gasteiger partial charge in [0.05, 0.1) is 0 Å². The van der Waals surface area contributed by atoms with Crippen molar-refractivity contribution in [2.75, 3.05) is 12.4 Å². The summed E-state index contributed by atoms with van der Waals surface area (Å²) < 4.78 is 1.12. The van der Waals surface area contributed by atoms with Crippen molar-refractivity contribution in [3.05, 3.63) is 27.7 Å². The average molecular weight is 285 g/mol. The van der Waals surface area contributed by atoms with E-state index in [4.69, 9.17) is 0 Å². The molecule has 1 amide bonds. The van der Waals surface area contributed by atoms with Crippen LogP contribution in [0.5, 0.6) is 0 Å². The summed E-state index contributed by atoms with van der Waals surface area (Å²) in [4.78, 5) is 11.4. The monoisotopic (exact) mass is 284 g/mol. The Kier molecular flexibility index (Phi) is 4.35. The summed E-state index contributed by atoms with van der Waals surface area (Å²) in [6.07, 6.45) is 0. The molecule has 88 valence electrons. The molecule has 0 aliphatic carbocycles. The molecular weight excluding hydrogens is 268 g/mol. The lowest BCUT2D eigenvalue weighted by atomic mass is 10.1. The molecule has 0 aliphatic rings. The van der Waals surface area contributed by atoms with Crippen LogP contribution < -0.4 is 10.6 Å². The van der Waals surface area contributed by atoms with Gasteiger partial charge in [-0.2, -0.15) is 0 Å². The molecule has 4 heteroatoms. The number of amides is 1. The number of nitrogens with one attached hydrogen (secondary N) is 2. The Morgan fingerprint density at radius 3 is 2.25 bits per heavy atom. The number of aryl methyl sites for hydroxylation is 2. The quantitative estimate of drug-likeness (QED) is 0.896. The van der Waals surface area contributed by atoms with E-state index in [9.17, 15) is 4.79 Å². The first-order chi connectivity index (χ1) is 7.45. The third-order valence-electron chi connectivity index (χ3n) is 2.46. The highest BCUT2D eigenvalue weighted by Crippen LogP contribution is 2.25. The summed E-state index contributed by atoms with van der Waals surface area (Å²) in [5.41, 5.74) is 3.28. The first-order valence-corrected chi connectivity index (χ1v) is 6.00. The molecule has 0 aliphatic heterocycles. The van der Waals surface area contributed by atoms with Crippen LogP contribution in [0.3, 0.4) is 0 Å². The molecule has 0 saturated carbocycles. The highest BCUT2D eigenvalue weighted by atomic mass is 79.9. The number of benzene rings is 1. The van der Waals surface area contributed by atoms with Gasteiger partial charge in [0.1, 0.15) is 6.04 Å². The molecule has 1 rings (SSSR count). The average Bonchev–Trinajstić information content (AvgIpc) is 2.24. The van der Waals surface area contributed by atoms with Gasteiger partial charge in [-0.25, -0.2) is 0 Å². The lowest BCUT2D eigenvalue weighted by molar-refractivity contribution is -0.121. The summed E-state index contributed by atoms with van der Waals surface area (Å²) in [7, 11) is 1.64. The molecule has 1 atom stereocenters. The fourth-order valence-electron chi connectivity index (χ4n) is 1.56. The molecule has 1 unspecified atom stereocenters. The zero-order valence-electron chi connectivity index (χ0n) is 10.0. The summed E-state index contributed by atoms with van der Waals surface area (Å²) in [6, 6.07) is 3.82. The van der Waals surface area contributed by atoms with Crippen molar-refractivity contribution < 1.29 is 4.79 Å². The molecule has 0 bridgehead atoms. The van der Waals surface area contributed by atoms with Gasteiger partial charge in [-0.05, 0) is 44.0 Å². The number of hydrogen-bond donors (Lipinski definition) is 2. The van der Waals surface area contributed by atoms with Gasteiger partial charge in [-0.15, -0.1) is 0 Å². The van der Waals surface area contributed by atoms with Crippen molar-refractivity contribution >= 4 is 27.5 Å². The molecule has 0 spiro atoms. The summed E-state index contributed by atoms with van der Waals surface area (Å²) in [5, 5.41) is 5.78. The number of rotatable bonds is 3. The number of carbonyl (C=O) groups excluding carboxylic acids is 1. The lowest BCUT2D eigenvalue weighted by Gasteiger charge is -2.15. The Morgan fingerprint density at radius 1 is 1.31 bits per heavy atom. The van der Waals surface area contributed by atoms with Gasteiger partial charge in [0, 0.05) is 17.2 Å². The molecule has 3 nitrogen and oxygen atoms in total. The molecular formula is C12H17BrN2O. The van der Waals surface area contributed by atoms with E-state index in [0.717, 1.165) is 21.3 Å². The first kappa shape index (κ1) is 13.0. The minimum atomic E-state index is -0.232. The normalized spacial score (nSPS) is 12.1. The van der Waals surface area contributed by atoms with Crippen molar-refractivity contribution in [1.29, 1.82) is 0 Å². The SMILES string of the molecule is CNC(=O)C(C)Nc1cc(C)c(Br)c(C)c1. The summed E-state index contributed by atoms with van der Waals surface area (Å²) in [6.45, 7) is 5.91. The van der Waals surface area contributed by atoms with Crippen LogP contribution in [-0.2, 0) is 4.79 Å². The second-order valence-corrected chi connectivity index (χ2v) is 4.70. The fraction of sp³-hybridized carbons (Fsp3) is 0.417. The van der Waals surface area contributed by atoms with E-state index in [1.54, 1.807) is 7.05 Å². The van der Waals surface area contributed by atoms with Crippen LogP contribution >= 0.6 is 15.9 Å². The van der Waals surface area contributed by atoms with Crippen LogP contribution in [0.4, 0.5) is 5.69 Å². The van der Waals surface area contributed by atoms with Crippen LogP contribution in [0.25, 0.3) is 0 Å². The third-order valence-corrected chi connectivity index (χ3v) is 3.71. The second kappa shape index (κ2) is 5.34. The van der Waals surface area contributed by atoms with Crippen LogP contribution in [-0.4, -0.2) is 19.0 Å². The van der Waals surface area contributed by atoms with Crippen molar-refractivity contribution in [3.63, 3.8) is 0 Å². The molecule has 16 heavy (non-hydrogen) atoms. The molecule has 0 radical (unpaired) electrons. The molecule has 1 aromatic rings. The number of halogens is 1. The Morgan fingerprint density at radius 2 is 1.81 bits per heavy atom. The lowest BCUT2D eigenvalue weighted by Crippen LogP contribution is -2.35. The maximum atomic E-state index is 11.4. The summed E-state index contributed by atoms with van der Waals surface area (Å²) >= 11 is 3.52. The maximum Gasteiger partial charge on any atom is 0.241 e. The molecule has 1 aromatic carbocycles. The minimum Gasteiger partial charge on any atom is -0.374 e. The van der Waals surface area contributed by atoms with E-state index >= 15 is 0 Å². The maximum absolute atomic E-state index is 11.4. The Labute approximate surface area is 105 Å². The smallest absolute Gasteiger partial charge is 0.241 e. The van der Waals surface area contributed by atoms with Crippen molar-refractivity contribution in [1.82, 2.24) is 5.32 Å². The van der Waals surface area contributed by atoms with Gasteiger partial charge < -0.3 is 10.6 Å². The Bertz CT molecular complexity index is 381. The number of likely N-dealkylation sites (N-methyl/N-ethyl adjacent to an activating group) is 1. The zero-order valence-corrected chi connectivity index (χ0v) is 11.6. The molecule has 2 N–H and O–H groups in total. The third kappa shape index (κ3) is 2.98. The van der Waals surface area contributed by atoms with E-state index in [0.29, 0.717) is 0 Å². The van der Waals surface area contributed by atoms with E-state index in [2.05, 4.69) is 26.6 Å². The van der Waals surface area contributed by atoms with Crippen molar-refractivity contribution in [2.24, 2.45) is 0 Å². The van der Waals surface area contributed by atoms with Gasteiger partial charge in [0.25, 0.3) is 0 Å².